The molecular formula is C11H14ClN5O2. The predicted octanol–water partition coefficient (Wildman–Crippen LogP) is 1.76. The van der Waals surface area contributed by atoms with E-state index >= 15 is 0 Å². The van der Waals surface area contributed by atoms with E-state index in [2.05, 4.69) is 25.3 Å². The number of hydrogen-bond acceptors (Lipinski definition) is 5. The first-order chi connectivity index (χ1) is 9.20. The van der Waals surface area contributed by atoms with Gasteiger partial charge in [-0.3, -0.25) is 10.1 Å². The number of rotatable bonds is 6. The number of anilines is 1. The summed E-state index contributed by atoms with van der Waals surface area (Å²) in [5.74, 6) is -0.0767. The molecule has 0 aliphatic rings. The van der Waals surface area contributed by atoms with E-state index < -0.39 is 0 Å². The molecule has 19 heavy (non-hydrogen) atoms. The van der Waals surface area contributed by atoms with Crippen LogP contribution in [-0.4, -0.2) is 39.1 Å². The van der Waals surface area contributed by atoms with Crippen LogP contribution in [0.4, 0.5) is 5.95 Å². The van der Waals surface area contributed by atoms with Gasteiger partial charge in [0.25, 0.3) is 0 Å². The Kier molecular flexibility index (Phi) is 4.64. The molecule has 1 amide bonds. The summed E-state index contributed by atoms with van der Waals surface area (Å²) < 4.78 is 5.23. The lowest BCUT2D eigenvalue weighted by Crippen LogP contribution is -2.16. The van der Waals surface area contributed by atoms with Gasteiger partial charge in [-0.15, -0.1) is 0 Å². The second kappa shape index (κ2) is 6.44. The number of aromatic nitrogens is 4. The van der Waals surface area contributed by atoms with Crippen LogP contribution in [0, 0.1) is 0 Å². The van der Waals surface area contributed by atoms with Crippen LogP contribution >= 0.6 is 11.6 Å². The number of halogens is 1. The van der Waals surface area contributed by atoms with Crippen molar-refractivity contribution < 1.29 is 9.53 Å². The molecule has 0 saturated carbocycles. The zero-order valence-corrected chi connectivity index (χ0v) is 11.2. The summed E-state index contributed by atoms with van der Waals surface area (Å²) in [5, 5.41) is 2.78. The fraction of sp³-hybridized carbons (Fsp3) is 0.455. The lowest BCUT2D eigenvalue weighted by atomic mass is 10.4. The van der Waals surface area contributed by atoms with Gasteiger partial charge in [0, 0.05) is 6.61 Å². The SMILES string of the molecule is CCCOCCC(=O)Nc1nc(Cl)c2[nH]cnc2n1. The van der Waals surface area contributed by atoms with E-state index in [0.29, 0.717) is 24.4 Å². The first kappa shape index (κ1) is 13.7. The standard InChI is InChI=1S/C11H14ClN5O2/c1-2-4-19-5-3-7(18)15-11-16-9(12)8-10(17-11)14-6-13-8/h6H,2-5H2,1H3,(H2,13,14,15,16,17,18). The third-order valence-corrected chi connectivity index (χ3v) is 2.59. The Balaban J connectivity index is 1.95. The van der Waals surface area contributed by atoms with Gasteiger partial charge in [-0.05, 0) is 6.42 Å². The summed E-state index contributed by atoms with van der Waals surface area (Å²) in [6.45, 7) is 3.03. The summed E-state index contributed by atoms with van der Waals surface area (Å²) >= 11 is 5.93. The van der Waals surface area contributed by atoms with Gasteiger partial charge in [0.1, 0.15) is 5.52 Å². The van der Waals surface area contributed by atoms with Crippen LogP contribution in [0.3, 0.4) is 0 Å². The maximum atomic E-state index is 11.6. The molecule has 2 N–H and O–H groups in total. The van der Waals surface area contributed by atoms with Gasteiger partial charge in [-0.25, -0.2) is 4.98 Å². The topological polar surface area (TPSA) is 92.8 Å². The quantitative estimate of drug-likeness (QED) is 0.622. The molecule has 0 aliphatic heterocycles. The Morgan fingerprint density at radius 2 is 2.32 bits per heavy atom. The molecule has 0 spiro atoms. The summed E-state index contributed by atoms with van der Waals surface area (Å²) in [4.78, 5) is 26.4. The minimum atomic E-state index is -0.220. The average Bonchev–Trinajstić information content (AvgIpc) is 2.83. The Bertz CT molecular complexity index is 571. The molecule has 0 fully saturated rings. The van der Waals surface area contributed by atoms with Gasteiger partial charge in [0.15, 0.2) is 10.8 Å². The normalized spacial score (nSPS) is 10.8. The maximum Gasteiger partial charge on any atom is 0.233 e. The van der Waals surface area contributed by atoms with Crippen LogP contribution in [0.1, 0.15) is 19.8 Å². The first-order valence-corrected chi connectivity index (χ1v) is 6.32. The highest BCUT2D eigenvalue weighted by Crippen LogP contribution is 2.18. The zero-order valence-electron chi connectivity index (χ0n) is 10.4. The molecule has 2 rings (SSSR count). The molecule has 0 unspecified atom stereocenters. The molecule has 0 radical (unpaired) electrons. The largest absolute Gasteiger partial charge is 0.381 e. The maximum absolute atomic E-state index is 11.6. The average molecular weight is 284 g/mol. The van der Waals surface area contributed by atoms with Gasteiger partial charge in [0.2, 0.25) is 11.9 Å². The van der Waals surface area contributed by atoms with Crippen molar-refractivity contribution >= 4 is 34.6 Å². The van der Waals surface area contributed by atoms with Crippen LogP contribution in [0.25, 0.3) is 11.2 Å². The molecule has 2 aromatic rings. The molecular weight excluding hydrogens is 270 g/mol. The van der Waals surface area contributed by atoms with Crippen LogP contribution in [0.2, 0.25) is 5.15 Å². The lowest BCUT2D eigenvalue weighted by molar-refractivity contribution is -0.117. The highest BCUT2D eigenvalue weighted by Gasteiger charge is 2.10. The highest BCUT2D eigenvalue weighted by molar-refractivity contribution is 6.33. The molecule has 0 aromatic carbocycles. The molecule has 0 bridgehead atoms. The molecule has 0 aliphatic carbocycles. The van der Waals surface area contributed by atoms with E-state index in [1.165, 1.54) is 6.33 Å². The second-order valence-corrected chi connectivity index (χ2v) is 4.21. The molecule has 0 saturated heterocycles. The van der Waals surface area contributed by atoms with Gasteiger partial charge < -0.3 is 9.72 Å². The number of carbonyl (C=O) groups excluding carboxylic acids is 1. The minimum Gasteiger partial charge on any atom is -0.381 e. The van der Waals surface area contributed by atoms with Gasteiger partial charge >= 0.3 is 0 Å². The van der Waals surface area contributed by atoms with Crippen molar-refractivity contribution in [1.82, 2.24) is 19.9 Å². The zero-order chi connectivity index (χ0) is 13.7. The second-order valence-electron chi connectivity index (χ2n) is 3.85. The Hall–Kier alpha value is -1.73. The van der Waals surface area contributed by atoms with Crippen LogP contribution < -0.4 is 5.32 Å². The predicted molar refractivity (Wildman–Crippen MR) is 71.1 cm³/mol. The van der Waals surface area contributed by atoms with Crippen molar-refractivity contribution in [3.05, 3.63) is 11.5 Å². The van der Waals surface area contributed by atoms with E-state index in [1.54, 1.807) is 0 Å². The van der Waals surface area contributed by atoms with Crippen molar-refractivity contribution in [2.24, 2.45) is 0 Å². The summed E-state index contributed by atoms with van der Waals surface area (Å²) in [6, 6.07) is 0. The fourth-order valence-corrected chi connectivity index (χ4v) is 1.67. The van der Waals surface area contributed by atoms with Crippen molar-refractivity contribution in [2.75, 3.05) is 18.5 Å². The first-order valence-electron chi connectivity index (χ1n) is 5.95. The van der Waals surface area contributed by atoms with Crippen molar-refractivity contribution in [3.8, 4) is 0 Å². The van der Waals surface area contributed by atoms with Crippen LogP contribution in [0.5, 0.6) is 0 Å². The molecule has 2 heterocycles. The number of nitrogens with one attached hydrogen (secondary N) is 2. The summed E-state index contributed by atoms with van der Waals surface area (Å²) in [5.41, 5.74) is 0.962. The Morgan fingerprint density at radius 1 is 1.47 bits per heavy atom. The molecule has 8 heteroatoms. The van der Waals surface area contributed by atoms with E-state index in [9.17, 15) is 4.79 Å². The summed E-state index contributed by atoms with van der Waals surface area (Å²) in [7, 11) is 0. The Morgan fingerprint density at radius 3 is 3.11 bits per heavy atom. The lowest BCUT2D eigenvalue weighted by Gasteiger charge is -2.04. The number of aromatic amines is 1. The van der Waals surface area contributed by atoms with E-state index in [0.717, 1.165) is 6.42 Å². The minimum absolute atomic E-state index is 0.144. The number of ether oxygens (including phenoxy) is 1. The number of fused-ring (bicyclic) bond motifs is 1. The molecule has 102 valence electrons. The van der Waals surface area contributed by atoms with Gasteiger partial charge in [-0.1, -0.05) is 18.5 Å². The van der Waals surface area contributed by atoms with E-state index in [4.69, 9.17) is 16.3 Å². The van der Waals surface area contributed by atoms with Crippen LogP contribution in [-0.2, 0) is 9.53 Å². The van der Waals surface area contributed by atoms with Crippen LogP contribution in [0.15, 0.2) is 6.33 Å². The third kappa shape index (κ3) is 3.62. The summed E-state index contributed by atoms with van der Waals surface area (Å²) in [6.07, 6.45) is 2.64. The third-order valence-electron chi connectivity index (χ3n) is 2.31. The molecule has 7 nitrogen and oxygen atoms in total. The number of hydrogen-bond donors (Lipinski definition) is 2. The van der Waals surface area contributed by atoms with Gasteiger partial charge in [-0.2, -0.15) is 9.97 Å². The van der Waals surface area contributed by atoms with Gasteiger partial charge in [0.05, 0.1) is 19.4 Å². The highest BCUT2D eigenvalue weighted by atomic mass is 35.5. The van der Waals surface area contributed by atoms with Crippen molar-refractivity contribution in [2.45, 2.75) is 19.8 Å². The Labute approximate surface area is 114 Å². The monoisotopic (exact) mass is 283 g/mol. The van der Waals surface area contributed by atoms with Crippen molar-refractivity contribution in [1.29, 1.82) is 0 Å². The molecule has 0 atom stereocenters. The van der Waals surface area contributed by atoms with E-state index in [1.807, 2.05) is 6.92 Å². The number of nitrogens with zero attached hydrogens (tertiary/aromatic N) is 3. The van der Waals surface area contributed by atoms with E-state index in [-0.39, 0.29) is 23.4 Å². The smallest absolute Gasteiger partial charge is 0.233 e. The number of amides is 1. The van der Waals surface area contributed by atoms with Crippen molar-refractivity contribution in [3.63, 3.8) is 0 Å². The molecule has 2 aromatic heterocycles. The number of imidazole rings is 1. The number of H-pyrrole nitrogens is 1. The fourth-order valence-electron chi connectivity index (χ4n) is 1.45. The number of carbonyl (C=O) groups is 1.